The third-order valence-electron chi connectivity index (χ3n) is 0.201. The van der Waals surface area contributed by atoms with E-state index in [1.54, 1.807) is 5.32 Å². The van der Waals surface area contributed by atoms with Crippen molar-refractivity contribution >= 4 is 24.8 Å². The zero-order chi connectivity index (χ0) is 4.99. The number of nitrogens with one attached hydrogen (secondary N) is 1. The molecule has 4 nitrogen and oxygen atoms in total. The highest BCUT2D eigenvalue weighted by molar-refractivity contribution is 5.85. The number of hydrogen-bond acceptors (Lipinski definition) is 2. The van der Waals surface area contributed by atoms with E-state index in [-0.39, 0.29) is 18.8 Å². The van der Waals surface area contributed by atoms with Crippen LogP contribution in [-0.4, -0.2) is 12.4 Å². The fourth-order valence-electron chi connectivity index (χ4n) is 0.0581. The van der Waals surface area contributed by atoms with Crippen LogP contribution in [0, 0.1) is 0 Å². The molecule has 0 rings (SSSR count). The van der Waals surface area contributed by atoms with Gasteiger partial charge < -0.3 is 5.73 Å². The summed E-state index contributed by atoms with van der Waals surface area (Å²) in [5, 5.41) is 1.67. The van der Waals surface area contributed by atoms with Crippen molar-refractivity contribution in [2.45, 2.75) is 0 Å². The predicted molar refractivity (Wildman–Crippen MR) is 26.0 cm³/mol. The number of hydrogen-bond donors (Lipinski definition) is 2. The lowest BCUT2D eigenvalue weighted by Gasteiger charge is -1.79. The Morgan fingerprint density at radius 3 is 2.14 bits per heavy atom. The van der Waals surface area contributed by atoms with Crippen LogP contribution in [0.5, 0.6) is 0 Å². The topological polar surface area (TPSA) is 72.2 Å². The average molecular weight is 125 g/mol. The molecule has 0 aliphatic rings. The number of amides is 3. The Morgan fingerprint density at radius 2 is 2.14 bits per heavy atom. The lowest BCUT2D eigenvalue weighted by molar-refractivity contribution is -0.108. The number of imide groups is 1. The van der Waals surface area contributed by atoms with Gasteiger partial charge in [-0.05, 0) is 0 Å². The molecule has 0 unspecified atom stereocenters. The lowest BCUT2D eigenvalue weighted by atomic mass is 11.0. The molecule has 7 heavy (non-hydrogen) atoms. The molecule has 42 valence electrons. The quantitative estimate of drug-likeness (QED) is 0.451. The number of primary amides is 1. The summed E-state index contributed by atoms with van der Waals surface area (Å²) >= 11 is 0. The van der Waals surface area contributed by atoms with E-state index in [1.165, 1.54) is 0 Å². The van der Waals surface area contributed by atoms with E-state index in [9.17, 15) is 9.59 Å². The van der Waals surface area contributed by atoms with Crippen molar-refractivity contribution in [2.75, 3.05) is 0 Å². The monoisotopic (exact) mass is 124 g/mol. The first-order valence-corrected chi connectivity index (χ1v) is 1.27. The second kappa shape index (κ2) is 5.23. The van der Waals surface area contributed by atoms with Crippen molar-refractivity contribution in [1.82, 2.24) is 5.32 Å². The van der Waals surface area contributed by atoms with Crippen LogP contribution in [0.15, 0.2) is 0 Å². The molecule has 0 heterocycles. The van der Waals surface area contributed by atoms with Crippen LogP contribution in [0.2, 0.25) is 0 Å². The number of halogens is 1. The summed E-state index contributed by atoms with van der Waals surface area (Å²) in [5.41, 5.74) is 4.42. The van der Waals surface area contributed by atoms with Gasteiger partial charge >= 0.3 is 6.03 Å². The van der Waals surface area contributed by atoms with Crippen molar-refractivity contribution in [3.63, 3.8) is 0 Å². The first kappa shape index (κ1) is 9.52. The molecule has 0 aromatic rings. The number of carbonyl (C=O) groups is 2. The van der Waals surface area contributed by atoms with E-state index in [1.807, 2.05) is 0 Å². The second-order valence-corrected chi connectivity index (χ2v) is 0.626. The maximum absolute atomic E-state index is 9.48. The van der Waals surface area contributed by atoms with Crippen LogP contribution in [0.4, 0.5) is 4.79 Å². The highest BCUT2D eigenvalue weighted by atomic mass is 35.5. The lowest BCUT2D eigenvalue weighted by Crippen LogP contribution is -2.27. The Labute approximate surface area is 46.5 Å². The number of rotatable bonds is 1. The molecule has 5 heteroatoms. The van der Waals surface area contributed by atoms with Crippen LogP contribution in [0.3, 0.4) is 0 Å². The maximum Gasteiger partial charge on any atom is 0.318 e. The van der Waals surface area contributed by atoms with Gasteiger partial charge in [-0.2, -0.15) is 0 Å². The van der Waals surface area contributed by atoms with Gasteiger partial charge in [-0.3, -0.25) is 10.1 Å². The summed E-state index contributed by atoms with van der Waals surface area (Å²) in [6, 6.07) is -0.829. The first-order chi connectivity index (χ1) is 2.77. The minimum atomic E-state index is -0.829. The third-order valence-corrected chi connectivity index (χ3v) is 0.201. The molecule has 0 aromatic carbocycles. The van der Waals surface area contributed by atoms with Crippen LogP contribution < -0.4 is 11.1 Å². The number of nitrogens with two attached hydrogens (primary N) is 1. The summed E-state index contributed by atoms with van der Waals surface area (Å²) in [5.74, 6) is 0. The standard InChI is InChI=1S/C2H4N2O2.ClH/c3-2(6)4-1-5;/h1H,(H3,3,4,5,6);1H. The predicted octanol–water partition coefficient (Wildman–Crippen LogP) is -0.767. The van der Waals surface area contributed by atoms with Gasteiger partial charge in [-0.15, -0.1) is 12.4 Å². The Bertz CT molecular complexity index is 74.1. The van der Waals surface area contributed by atoms with Crippen LogP contribution in [0.1, 0.15) is 0 Å². The highest BCUT2D eigenvalue weighted by Gasteiger charge is 1.79. The third kappa shape index (κ3) is 11.0. The Kier molecular flexibility index (Phi) is 7.12. The van der Waals surface area contributed by atoms with Crippen molar-refractivity contribution in [2.24, 2.45) is 5.73 Å². The molecule has 0 aliphatic carbocycles. The summed E-state index contributed by atoms with van der Waals surface area (Å²) in [7, 11) is 0. The normalized spacial score (nSPS) is 5.71. The molecule has 0 aliphatic heterocycles. The molecule has 0 saturated heterocycles. The molecule has 0 aromatic heterocycles. The van der Waals surface area contributed by atoms with E-state index in [0.717, 1.165) is 0 Å². The molecule has 0 radical (unpaired) electrons. The Morgan fingerprint density at radius 1 is 1.71 bits per heavy atom. The Hall–Kier alpha value is -0.770. The summed E-state index contributed by atoms with van der Waals surface area (Å²) < 4.78 is 0. The van der Waals surface area contributed by atoms with Crippen LogP contribution in [0.25, 0.3) is 0 Å². The summed E-state index contributed by atoms with van der Waals surface area (Å²) in [6.07, 6.45) is 0.225. The smallest absolute Gasteiger partial charge is 0.318 e. The van der Waals surface area contributed by atoms with Gasteiger partial charge in [0.05, 0.1) is 0 Å². The number of carbonyl (C=O) groups excluding carboxylic acids is 2. The largest absolute Gasteiger partial charge is 0.351 e. The van der Waals surface area contributed by atoms with Crippen molar-refractivity contribution in [1.29, 1.82) is 0 Å². The number of urea groups is 1. The van der Waals surface area contributed by atoms with E-state index in [0.29, 0.717) is 0 Å². The van der Waals surface area contributed by atoms with Gasteiger partial charge in [0, 0.05) is 0 Å². The molecular formula is C2H5ClN2O2. The summed E-state index contributed by atoms with van der Waals surface area (Å²) in [6.45, 7) is 0. The van der Waals surface area contributed by atoms with E-state index >= 15 is 0 Å². The molecular weight excluding hydrogens is 119 g/mol. The summed E-state index contributed by atoms with van der Waals surface area (Å²) in [4.78, 5) is 18.7. The minimum Gasteiger partial charge on any atom is -0.351 e. The Balaban J connectivity index is 0. The van der Waals surface area contributed by atoms with Gasteiger partial charge in [0.1, 0.15) is 0 Å². The molecule has 3 amide bonds. The fraction of sp³-hybridized carbons (Fsp3) is 0. The molecule has 3 N–H and O–H groups in total. The fourth-order valence-corrected chi connectivity index (χ4v) is 0.0581. The zero-order valence-electron chi connectivity index (χ0n) is 3.38. The minimum absolute atomic E-state index is 0. The second-order valence-electron chi connectivity index (χ2n) is 0.626. The molecule has 0 bridgehead atoms. The zero-order valence-corrected chi connectivity index (χ0v) is 4.20. The maximum atomic E-state index is 9.48. The molecule has 0 spiro atoms. The van der Waals surface area contributed by atoms with E-state index in [4.69, 9.17) is 0 Å². The highest BCUT2D eigenvalue weighted by Crippen LogP contribution is 1.41. The van der Waals surface area contributed by atoms with Gasteiger partial charge in [0.15, 0.2) is 0 Å². The van der Waals surface area contributed by atoms with Crippen molar-refractivity contribution in [3.8, 4) is 0 Å². The van der Waals surface area contributed by atoms with Crippen molar-refractivity contribution in [3.05, 3.63) is 0 Å². The average Bonchev–Trinajstić information content (AvgIpc) is 1.35. The first-order valence-electron chi connectivity index (χ1n) is 1.27. The van der Waals surface area contributed by atoms with Gasteiger partial charge in [0.2, 0.25) is 6.41 Å². The molecule has 0 saturated carbocycles. The van der Waals surface area contributed by atoms with Crippen molar-refractivity contribution < 1.29 is 9.59 Å². The van der Waals surface area contributed by atoms with Gasteiger partial charge in [0.25, 0.3) is 0 Å². The van der Waals surface area contributed by atoms with Crippen LogP contribution in [-0.2, 0) is 4.79 Å². The van der Waals surface area contributed by atoms with E-state index < -0.39 is 6.03 Å². The van der Waals surface area contributed by atoms with Gasteiger partial charge in [-0.1, -0.05) is 0 Å². The van der Waals surface area contributed by atoms with Gasteiger partial charge in [-0.25, -0.2) is 4.79 Å². The molecule has 0 fully saturated rings. The van der Waals surface area contributed by atoms with E-state index in [2.05, 4.69) is 5.73 Å². The molecule has 0 atom stereocenters. The SMILES string of the molecule is Cl.NC(=O)NC=O. The van der Waals surface area contributed by atoms with Crippen LogP contribution >= 0.6 is 12.4 Å².